The molecular weight excluding hydrogens is 246 g/mol. The van der Waals surface area contributed by atoms with E-state index in [0.29, 0.717) is 6.42 Å². The molecule has 0 unspecified atom stereocenters. The lowest BCUT2D eigenvalue weighted by Crippen LogP contribution is -3.00. The van der Waals surface area contributed by atoms with Crippen LogP contribution in [0.1, 0.15) is 5.56 Å². The number of esters is 1. The number of methoxy groups -OCH3 is 1. The standard InChI is InChI=1S/C10H13NO3.CH4O.ClH/c1-14-10(13)9(11)6-7-2-4-8(12)5-3-7;1-2;/h2-5,9,12H,6,11H2,1H3;2H,1H3;1H/t9-;;/m0../s1. The van der Waals surface area contributed by atoms with Gasteiger partial charge in [0.1, 0.15) is 5.75 Å². The van der Waals surface area contributed by atoms with Gasteiger partial charge in [-0.25, -0.2) is 4.79 Å². The number of phenolic OH excluding ortho intramolecular Hbond substituents is 1. The van der Waals surface area contributed by atoms with Crippen molar-refractivity contribution in [2.75, 3.05) is 14.2 Å². The summed E-state index contributed by atoms with van der Waals surface area (Å²) in [5.41, 5.74) is 4.64. The van der Waals surface area contributed by atoms with Crippen LogP contribution in [0, 0.1) is 0 Å². The number of carbonyl (C=O) groups excluding carboxylic acids is 1. The maximum atomic E-state index is 11.0. The molecule has 6 heteroatoms. The molecule has 5 nitrogen and oxygen atoms in total. The Morgan fingerprint density at radius 2 is 1.82 bits per heavy atom. The topological polar surface area (TPSA) is 94.4 Å². The highest BCUT2D eigenvalue weighted by Gasteiger charge is 2.17. The number of hydrogen-bond acceptors (Lipinski definition) is 4. The van der Waals surface area contributed by atoms with Gasteiger partial charge >= 0.3 is 5.97 Å². The molecule has 0 radical (unpaired) electrons. The zero-order valence-electron chi connectivity index (χ0n) is 9.89. The van der Waals surface area contributed by atoms with E-state index in [1.165, 1.54) is 7.11 Å². The second-order valence-electron chi connectivity index (χ2n) is 3.09. The van der Waals surface area contributed by atoms with Gasteiger partial charge in [0.25, 0.3) is 0 Å². The predicted octanol–water partition coefficient (Wildman–Crippen LogP) is -3.67. The molecule has 0 heterocycles. The average Bonchev–Trinajstić information content (AvgIpc) is 2.33. The summed E-state index contributed by atoms with van der Waals surface area (Å²) in [5.74, 6) is -0.106. The summed E-state index contributed by atoms with van der Waals surface area (Å²) < 4.78 is 4.56. The molecule has 1 aromatic rings. The van der Waals surface area contributed by atoms with Crippen molar-refractivity contribution in [3.63, 3.8) is 0 Å². The molecule has 98 valence electrons. The molecule has 5 N–H and O–H groups in total. The Kier molecular flexibility index (Phi) is 10.5. The van der Waals surface area contributed by atoms with Crippen LogP contribution in [0.3, 0.4) is 0 Å². The fraction of sp³-hybridized carbons (Fsp3) is 0.364. The Labute approximate surface area is 107 Å². The molecule has 17 heavy (non-hydrogen) atoms. The third-order valence-corrected chi connectivity index (χ3v) is 1.95. The molecule has 1 atom stereocenters. The van der Waals surface area contributed by atoms with Crippen LogP contribution in [0.15, 0.2) is 24.3 Å². The number of aliphatic hydroxyl groups excluding tert-OH is 1. The first-order chi connectivity index (χ1) is 7.63. The van der Waals surface area contributed by atoms with Crippen LogP contribution in [0.25, 0.3) is 0 Å². The van der Waals surface area contributed by atoms with E-state index in [0.717, 1.165) is 12.7 Å². The molecule has 0 spiro atoms. The molecule has 0 saturated carbocycles. The van der Waals surface area contributed by atoms with Crippen molar-refractivity contribution in [1.29, 1.82) is 0 Å². The second-order valence-corrected chi connectivity index (χ2v) is 3.09. The Morgan fingerprint density at radius 3 is 2.24 bits per heavy atom. The third-order valence-electron chi connectivity index (χ3n) is 1.95. The number of aromatic hydroxyl groups is 1. The van der Waals surface area contributed by atoms with Gasteiger partial charge < -0.3 is 33.1 Å². The van der Waals surface area contributed by atoms with Gasteiger partial charge in [-0.05, 0) is 17.7 Å². The minimum absolute atomic E-state index is 0. The number of aliphatic hydroxyl groups is 1. The van der Waals surface area contributed by atoms with Crippen LogP contribution in [0.5, 0.6) is 5.75 Å². The van der Waals surface area contributed by atoms with Crippen molar-refractivity contribution in [3.05, 3.63) is 29.8 Å². The zero-order chi connectivity index (χ0) is 12.6. The maximum Gasteiger partial charge on any atom is 0.364 e. The summed E-state index contributed by atoms with van der Waals surface area (Å²) in [6, 6.07) is 6.29. The first-order valence-corrected chi connectivity index (χ1v) is 4.77. The molecule has 0 fully saturated rings. The Morgan fingerprint density at radius 1 is 1.35 bits per heavy atom. The highest BCUT2D eigenvalue weighted by molar-refractivity contribution is 5.74. The Hall–Kier alpha value is -1.30. The van der Waals surface area contributed by atoms with E-state index < -0.39 is 6.04 Å². The lowest BCUT2D eigenvalue weighted by Gasteiger charge is -2.05. The molecule has 0 aromatic heterocycles. The summed E-state index contributed by atoms with van der Waals surface area (Å²) in [6.45, 7) is 0. The van der Waals surface area contributed by atoms with Crippen LogP contribution in [0.2, 0.25) is 0 Å². The monoisotopic (exact) mass is 263 g/mol. The molecule has 0 amide bonds. The lowest BCUT2D eigenvalue weighted by atomic mass is 10.1. The number of rotatable bonds is 3. The van der Waals surface area contributed by atoms with Gasteiger partial charge in [0, 0.05) is 13.5 Å². The quantitative estimate of drug-likeness (QED) is 0.490. The average molecular weight is 264 g/mol. The number of ether oxygens (including phenoxy) is 1. The van der Waals surface area contributed by atoms with E-state index in [4.69, 9.17) is 10.2 Å². The number of hydrogen-bond donors (Lipinski definition) is 3. The largest absolute Gasteiger partial charge is 1.00 e. The van der Waals surface area contributed by atoms with Gasteiger partial charge in [-0.15, -0.1) is 0 Å². The van der Waals surface area contributed by atoms with Crippen LogP contribution < -0.4 is 18.1 Å². The fourth-order valence-corrected chi connectivity index (χ4v) is 1.17. The molecular formula is C11H18ClNO4. The third kappa shape index (κ3) is 6.78. The number of quaternary nitrogens is 1. The highest BCUT2D eigenvalue weighted by atomic mass is 35.5. The molecule has 0 aliphatic rings. The fourth-order valence-electron chi connectivity index (χ4n) is 1.17. The molecule has 0 saturated heterocycles. The van der Waals surface area contributed by atoms with Gasteiger partial charge in [0.2, 0.25) is 0 Å². The van der Waals surface area contributed by atoms with E-state index in [1.54, 1.807) is 24.3 Å². The van der Waals surface area contributed by atoms with E-state index in [9.17, 15) is 4.79 Å². The summed E-state index contributed by atoms with van der Waals surface area (Å²) in [7, 11) is 2.34. The van der Waals surface area contributed by atoms with E-state index in [2.05, 4.69) is 10.5 Å². The number of halogens is 1. The summed E-state index contributed by atoms with van der Waals surface area (Å²) in [4.78, 5) is 11.0. The van der Waals surface area contributed by atoms with Crippen molar-refractivity contribution >= 4 is 5.97 Å². The van der Waals surface area contributed by atoms with Crippen molar-refractivity contribution in [2.24, 2.45) is 0 Å². The van der Waals surface area contributed by atoms with Crippen LogP contribution in [-0.2, 0) is 16.0 Å². The smallest absolute Gasteiger partial charge is 0.364 e. The molecule has 1 aromatic carbocycles. The van der Waals surface area contributed by atoms with Gasteiger partial charge in [-0.2, -0.15) is 0 Å². The van der Waals surface area contributed by atoms with Crippen LogP contribution in [0.4, 0.5) is 0 Å². The van der Waals surface area contributed by atoms with E-state index in [1.807, 2.05) is 0 Å². The zero-order valence-corrected chi connectivity index (χ0v) is 10.6. The minimum Gasteiger partial charge on any atom is -1.00 e. The number of phenols is 1. The van der Waals surface area contributed by atoms with Crippen molar-refractivity contribution in [2.45, 2.75) is 12.5 Å². The van der Waals surface area contributed by atoms with Gasteiger partial charge in [0.15, 0.2) is 6.04 Å². The van der Waals surface area contributed by atoms with Crippen molar-refractivity contribution in [3.8, 4) is 5.75 Å². The van der Waals surface area contributed by atoms with Crippen molar-refractivity contribution in [1.82, 2.24) is 0 Å². The summed E-state index contributed by atoms with van der Waals surface area (Å²) in [6.07, 6.45) is 0.521. The first kappa shape index (κ1) is 18.1. The van der Waals surface area contributed by atoms with Gasteiger partial charge in [-0.3, -0.25) is 0 Å². The van der Waals surface area contributed by atoms with E-state index in [-0.39, 0.29) is 24.1 Å². The van der Waals surface area contributed by atoms with Gasteiger partial charge in [-0.1, -0.05) is 12.1 Å². The summed E-state index contributed by atoms with van der Waals surface area (Å²) in [5, 5.41) is 16.0. The highest BCUT2D eigenvalue weighted by Crippen LogP contribution is 2.10. The lowest BCUT2D eigenvalue weighted by molar-refractivity contribution is -0.407. The first-order valence-electron chi connectivity index (χ1n) is 4.77. The van der Waals surface area contributed by atoms with E-state index >= 15 is 0 Å². The second kappa shape index (κ2) is 9.89. The maximum absolute atomic E-state index is 11.0. The molecule has 0 aliphatic carbocycles. The molecule has 0 bridgehead atoms. The predicted molar refractivity (Wildman–Crippen MR) is 58.6 cm³/mol. The Bertz CT molecular complexity index is 316. The van der Waals surface area contributed by atoms with Crippen molar-refractivity contribution < 1.29 is 37.9 Å². The molecule has 0 aliphatic heterocycles. The molecule has 1 rings (SSSR count). The number of benzene rings is 1. The van der Waals surface area contributed by atoms with Gasteiger partial charge in [0.05, 0.1) is 7.11 Å². The minimum atomic E-state index is -0.399. The number of carbonyl (C=O) groups is 1. The van der Waals surface area contributed by atoms with Crippen LogP contribution >= 0.6 is 0 Å². The van der Waals surface area contributed by atoms with Crippen LogP contribution in [-0.4, -0.2) is 36.4 Å². The SMILES string of the molecule is CO.COC(=O)[C@@H]([NH3+])Cc1ccc(O)cc1.[Cl-]. The Balaban J connectivity index is 0. The normalized spacial score (nSPS) is 10.4. The summed E-state index contributed by atoms with van der Waals surface area (Å²) >= 11 is 0.